The van der Waals surface area contributed by atoms with Crippen molar-refractivity contribution in [1.82, 2.24) is 10.2 Å². The fourth-order valence-electron chi connectivity index (χ4n) is 3.18. The van der Waals surface area contributed by atoms with Gasteiger partial charge in [-0.2, -0.15) is 0 Å². The molecule has 1 heterocycles. The van der Waals surface area contributed by atoms with Crippen LogP contribution in [0, 0.1) is 0 Å². The first-order chi connectivity index (χ1) is 10.1. The van der Waals surface area contributed by atoms with E-state index in [1.807, 2.05) is 43.1 Å². The van der Waals surface area contributed by atoms with Gasteiger partial charge in [-0.25, -0.2) is 0 Å². The summed E-state index contributed by atoms with van der Waals surface area (Å²) in [6.07, 6.45) is 2.82. The zero-order chi connectivity index (χ0) is 15.5. The van der Waals surface area contributed by atoms with Crippen LogP contribution in [0.5, 0.6) is 5.75 Å². The van der Waals surface area contributed by atoms with Crippen LogP contribution in [0.4, 0.5) is 0 Å². The fourth-order valence-corrected chi connectivity index (χ4v) is 3.18. The van der Waals surface area contributed by atoms with E-state index >= 15 is 0 Å². The maximum Gasteiger partial charge on any atom is 0.243 e. The van der Waals surface area contributed by atoms with E-state index in [9.17, 15) is 4.79 Å². The van der Waals surface area contributed by atoms with Crippen molar-refractivity contribution in [2.24, 2.45) is 0 Å². The van der Waals surface area contributed by atoms with Gasteiger partial charge in [0.2, 0.25) is 5.91 Å². The van der Waals surface area contributed by atoms with Crippen molar-refractivity contribution < 1.29 is 9.53 Å². The molecule has 1 amide bonds. The molecule has 4 heteroatoms. The molecule has 0 aliphatic carbocycles. The van der Waals surface area contributed by atoms with Gasteiger partial charge in [0.05, 0.1) is 18.7 Å². The number of nitrogens with zero attached hydrogens (tertiary/aromatic N) is 1. The second-order valence-electron chi connectivity index (χ2n) is 5.80. The molecule has 1 fully saturated rings. The summed E-state index contributed by atoms with van der Waals surface area (Å²) in [5, 5.41) is 3.41. The first kappa shape index (κ1) is 15.8. The Morgan fingerprint density at radius 2 is 2.19 bits per heavy atom. The van der Waals surface area contributed by atoms with Crippen LogP contribution in [0.25, 0.3) is 0 Å². The number of hydrogen-bond donors (Lipinski definition) is 1. The van der Waals surface area contributed by atoms with Crippen molar-refractivity contribution in [2.75, 3.05) is 20.7 Å². The van der Waals surface area contributed by atoms with Gasteiger partial charge in [0.1, 0.15) is 5.75 Å². The SMILES string of the molecule is CCC1(C(=O)N(C)C(C)c2ccccc2OC)CCCN1. The lowest BCUT2D eigenvalue weighted by Crippen LogP contribution is -2.54. The zero-order valence-corrected chi connectivity index (χ0v) is 13.5. The van der Waals surface area contributed by atoms with Crippen molar-refractivity contribution in [3.63, 3.8) is 0 Å². The summed E-state index contributed by atoms with van der Waals surface area (Å²) >= 11 is 0. The van der Waals surface area contributed by atoms with Crippen LogP contribution < -0.4 is 10.1 Å². The number of para-hydroxylation sites is 1. The third-order valence-corrected chi connectivity index (χ3v) is 4.75. The number of benzene rings is 1. The van der Waals surface area contributed by atoms with Gasteiger partial charge in [-0.15, -0.1) is 0 Å². The molecule has 1 aliphatic rings. The Labute approximate surface area is 127 Å². The Hall–Kier alpha value is -1.55. The molecule has 2 unspecified atom stereocenters. The van der Waals surface area contributed by atoms with Gasteiger partial charge in [0.25, 0.3) is 0 Å². The predicted octanol–water partition coefficient (Wildman–Crippen LogP) is 2.75. The van der Waals surface area contributed by atoms with Crippen LogP contribution in [0.15, 0.2) is 24.3 Å². The minimum Gasteiger partial charge on any atom is -0.496 e. The first-order valence-corrected chi connectivity index (χ1v) is 7.71. The average molecular weight is 290 g/mol. The van der Waals surface area contributed by atoms with Gasteiger partial charge in [-0.1, -0.05) is 25.1 Å². The smallest absolute Gasteiger partial charge is 0.243 e. The summed E-state index contributed by atoms with van der Waals surface area (Å²) in [4.78, 5) is 14.8. The summed E-state index contributed by atoms with van der Waals surface area (Å²) in [5.41, 5.74) is 0.658. The van der Waals surface area contributed by atoms with E-state index in [0.29, 0.717) is 0 Å². The molecule has 2 atom stereocenters. The lowest BCUT2D eigenvalue weighted by molar-refractivity contribution is -0.138. The van der Waals surface area contributed by atoms with E-state index in [2.05, 4.69) is 12.2 Å². The number of methoxy groups -OCH3 is 1. The lowest BCUT2D eigenvalue weighted by Gasteiger charge is -2.35. The molecule has 0 saturated carbocycles. The number of rotatable bonds is 5. The molecule has 4 nitrogen and oxygen atoms in total. The number of nitrogens with one attached hydrogen (secondary N) is 1. The van der Waals surface area contributed by atoms with Crippen LogP contribution in [0.3, 0.4) is 0 Å². The van der Waals surface area contributed by atoms with Gasteiger partial charge in [-0.05, 0) is 38.8 Å². The molecule has 1 aromatic rings. The topological polar surface area (TPSA) is 41.6 Å². The van der Waals surface area contributed by atoms with E-state index in [-0.39, 0.29) is 17.5 Å². The summed E-state index contributed by atoms with van der Waals surface area (Å²) in [5.74, 6) is 1.01. The maximum absolute atomic E-state index is 12.9. The summed E-state index contributed by atoms with van der Waals surface area (Å²) in [7, 11) is 3.55. The molecule has 1 N–H and O–H groups in total. The van der Waals surface area contributed by atoms with Gasteiger partial charge < -0.3 is 15.0 Å². The van der Waals surface area contributed by atoms with Crippen LogP contribution >= 0.6 is 0 Å². The molecule has 1 aromatic carbocycles. The molecule has 116 valence electrons. The maximum atomic E-state index is 12.9. The highest BCUT2D eigenvalue weighted by Crippen LogP contribution is 2.32. The summed E-state index contributed by atoms with van der Waals surface area (Å²) < 4.78 is 5.42. The second kappa shape index (κ2) is 6.48. The number of amides is 1. The predicted molar refractivity (Wildman–Crippen MR) is 84.4 cm³/mol. The van der Waals surface area contributed by atoms with Crippen molar-refractivity contribution in [2.45, 2.75) is 44.7 Å². The standard InChI is InChI=1S/C17H26N2O2/c1-5-17(11-8-12-18-17)16(20)19(3)13(2)14-9-6-7-10-15(14)21-4/h6-7,9-10,13,18H,5,8,11-12H2,1-4H3. The van der Waals surface area contributed by atoms with E-state index in [4.69, 9.17) is 4.74 Å². The number of carbonyl (C=O) groups is 1. The molecule has 0 radical (unpaired) electrons. The number of ether oxygens (including phenoxy) is 1. The minimum atomic E-state index is -0.384. The lowest BCUT2D eigenvalue weighted by atomic mass is 9.91. The summed E-state index contributed by atoms with van der Waals surface area (Å²) in [6.45, 7) is 5.06. The molecule has 1 saturated heterocycles. The highest BCUT2D eigenvalue weighted by Gasteiger charge is 2.42. The van der Waals surface area contributed by atoms with E-state index < -0.39 is 0 Å². The number of carbonyl (C=O) groups excluding carboxylic acids is 1. The Balaban J connectivity index is 2.22. The van der Waals surface area contributed by atoms with Crippen molar-refractivity contribution in [3.8, 4) is 5.75 Å². The van der Waals surface area contributed by atoms with Crippen LogP contribution in [-0.2, 0) is 4.79 Å². The fraction of sp³-hybridized carbons (Fsp3) is 0.588. The monoisotopic (exact) mass is 290 g/mol. The molecule has 0 bridgehead atoms. The van der Waals surface area contributed by atoms with Gasteiger partial charge in [0, 0.05) is 12.6 Å². The third kappa shape index (κ3) is 2.91. The van der Waals surface area contributed by atoms with Crippen molar-refractivity contribution in [1.29, 1.82) is 0 Å². The van der Waals surface area contributed by atoms with Crippen molar-refractivity contribution >= 4 is 5.91 Å². The first-order valence-electron chi connectivity index (χ1n) is 7.71. The molecular formula is C17H26N2O2. The molecule has 0 aromatic heterocycles. The Bertz CT molecular complexity index is 495. The summed E-state index contributed by atoms with van der Waals surface area (Å²) in [6, 6.07) is 7.88. The Kier molecular flexibility index (Phi) is 4.88. The van der Waals surface area contributed by atoms with Crippen LogP contribution in [0.1, 0.15) is 44.7 Å². The normalized spacial score (nSPS) is 22.9. The van der Waals surface area contributed by atoms with E-state index in [1.165, 1.54) is 0 Å². The highest BCUT2D eigenvalue weighted by atomic mass is 16.5. The Morgan fingerprint density at radius 1 is 1.48 bits per heavy atom. The van der Waals surface area contributed by atoms with Gasteiger partial charge in [-0.3, -0.25) is 4.79 Å². The molecular weight excluding hydrogens is 264 g/mol. The second-order valence-corrected chi connectivity index (χ2v) is 5.80. The van der Waals surface area contributed by atoms with Gasteiger partial charge in [0.15, 0.2) is 0 Å². The van der Waals surface area contributed by atoms with E-state index in [0.717, 1.165) is 37.1 Å². The average Bonchev–Trinajstić information content (AvgIpc) is 3.02. The molecule has 0 spiro atoms. The van der Waals surface area contributed by atoms with E-state index in [1.54, 1.807) is 7.11 Å². The molecule has 1 aliphatic heterocycles. The Morgan fingerprint density at radius 3 is 2.76 bits per heavy atom. The van der Waals surface area contributed by atoms with Crippen molar-refractivity contribution in [3.05, 3.63) is 29.8 Å². The third-order valence-electron chi connectivity index (χ3n) is 4.75. The molecule has 21 heavy (non-hydrogen) atoms. The number of hydrogen-bond acceptors (Lipinski definition) is 3. The van der Waals surface area contributed by atoms with Crippen LogP contribution in [0.2, 0.25) is 0 Å². The quantitative estimate of drug-likeness (QED) is 0.906. The van der Waals surface area contributed by atoms with Gasteiger partial charge >= 0.3 is 0 Å². The largest absolute Gasteiger partial charge is 0.496 e. The molecule has 2 rings (SSSR count). The highest BCUT2D eigenvalue weighted by molar-refractivity contribution is 5.87. The zero-order valence-electron chi connectivity index (χ0n) is 13.5. The minimum absolute atomic E-state index is 0.0144. The number of likely N-dealkylation sites (N-methyl/N-ethyl adjacent to an activating group) is 1. The van der Waals surface area contributed by atoms with Crippen LogP contribution in [-0.4, -0.2) is 37.0 Å².